The smallest absolute Gasteiger partial charge is 0.299 e. The molecule has 0 aliphatic carbocycles. The van der Waals surface area contributed by atoms with Gasteiger partial charge in [-0.1, -0.05) is 35.9 Å². The van der Waals surface area contributed by atoms with Crippen LogP contribution >= 0.6 is 11.6 Å². The number of ketones is 1. The van der Waals surface area contributed by atoms with E-state index in [0.717, 1.165) is 56.4 Å². The Bertz CT molecular complexity index is 860. The molecule has 2 aliphatic rings. The molecule has 1 fully saturated rings. The molecule has 6 heteroatoms. The summed E-state index contributed by atoms with van der Waals surface area (Å²) in [5, 5.41) is 0.773. The molecule has 1 saturated heterocycles. The Hall–Kier alpha value is -2.21. The number of Topliss-reactive ketones (excluding diaryl/α,β-unsaturated/α-hetero) is 1. The summed E-state index contributed by atoms with van der Waals surface area (Å²) >= 11 is 5.95. The summed E-state index contributed by atoms with van der Waals surface area (Å²) in [6, 6.07) is 15.3. The average Bonchev–Trinajstić information content (AvgIpc) is 2.96. The van der Waals surface area contributed by atoms with E-state index >= 15 is 0 Å². The van der Waals surface area contributed by atoms with Gasteiger partial charge in [0.1, 0.15) is 0 Å². The van der Waals surface area contributed by atoms with Crippen molar-refractivity contribution in [1.29, 1.82) is 0 Å². The van der Waals surface area contributed by atoms with E-state index in [0.29, 0.717) is 12.1 Å². The molecule has 0 radical (unpaired) electrons. The van der Waals surface area contributed by atoms with Gasteiger partial charge < -0.3 is 9.80 Å². The summed E-state index contributed by atoms with van der Waals surface area (Å²) in [5.74, 6) is -0.777. The van der Waals surface area contributed by atoms with Gasteiger partial charge in [-0.15, -0.1) is 0 Å². The van der Waals surface area contributed by atoms with Crippen LogP contribution in [0.1, 0.15) is 22.3 Å². The first kappa shape index (κ1) is 19.1. The second-order valence-corrected chi connectivity index (χ2v) is 7.84. The lowest BCUT2D eigenvalue weighted by Gasteiger charge is -2.35. The number of benzene rings is 2. The molecule has 1 amide bonds. The Morgan fingerprint density at radius 1 is 0.821 bits per heavy atom. The maximum absolute atomic E-state index is 12.2. The second-order valence-electron chi connectivity index (χ2n) is 7.40. The molecule has 0 atom stereocenters. The third-order valence-corrected chi connectivity index (χ3v) is 5.77. The van der Waals surface area contributed by atoms with Crippen molar-refractivity contribution in [2.24, 2.45) is 0 Å². The molecule has 5 nitrogen and oxygen atoms in total. The molecule has 0 bridgehead atoms. The molecule has 2 aromatic carbocycles. The molecule has 146 valence electrons. The zero-order valence-electron chi connectivity index (χ0n) is 15.8. The molecule has 0 spiro atoms. The molecule has 2 heterocycles. The summed E-state index contributed by atoms with van der Waals surface area (Å²) in [5.41, 5.74) is 2.57. The SMILES string of the molecule is O=C1C(=O)N(CCCN2CCN(Cc3ccc(Cl)cc3)CC2)c2ccccc21. The van der Waals surface area contributed by atoms with Gasteiger partial charge in [-0.25, -0.2) is 0 Å². The minimum absolute atomic E-state index is 0.383. The Kier molecular flexibility index (Phi) is 5.76. The van der Waals surface area contributed by atoms with E-state index in [1.807, 2.05) is 24.3 Å². The summed E-state index contributed by atoms with van der Waals surface area (Å²) in [7, 11) is 0. The number of halogens is 1. The first-order valence-electron chi connectivity index (χ1n) is 9.76. The van der Waals surface area contributed by atoms with Crippen LogP contribution in [0, 0.1) is 0 Å². The molecule has 2 aromatic rings. The normalized spacial score (nSPS) is 18.0. The van der Waals surface area contributed by atoms with Gasteiger partial charge in [-0.2, -0.15) is 0 Å². The highest BCUT2D eigenvalue weighted by molar-refractivity contribution is 6.52. The number of hydrogen-bond acceptors (Lipinski definition) is 4. The topological polar surface area (TPSA) is 43.9 Å². The van der Waals surface area contributed by atoms with Gasteiger partial charge in [0.25, 0.3) is 11.7 Å². The van der Waals surface area contributed by atoms with Crippen molar-refractivity contribution < 1.29 is 9.59 Å². The fraction of sp³-hybridized carbons (Fsp3) is 0.364. The van der Waals surface area contributed by atoms with Crippen molar-refractivity contribution in [3.05, 3.63) is 64.7 Å². The van der Waals surface area contributed by atoms with Crippen molar-refractivity contribution in [2.45, 2.75) is 13.0 Å². The molecular formula is C22H24ClN3O2. The Labute approximate surface area is 170 Å². The van der Waals surface area contributed by atoms with Crippen molar-refractivity contribution >= 4 is 29.0 Å². The van der Waals surface area contributed by atoms with Crippen LogP contribution in [0.25, 0.3) is 0 Å². The molecule has 0 unspecified atom stereocenters. The van der Waals surface area contributed by atoms with Crippen molar-refractivity contribution in [2.75, 3.05) is 44.2 Å². The zero-order chi connectivity index (χ0) is 19.5. The largest absolute Gasteiger partial charge is 0.305 e. The first-order valence-corrected chi connectivity index (χ1v) is 10.1. The van der Waals surface area contributed by atoms with E-state index in [1.54, 1.807) is 17.0 Å². The lowest BCUT2D eigenvalue weighted by atomic mass is 10.1. The number of carbonyl (C=O) groups is 2. The van der Waals surface area contributed by atoms with Gasteiger partial charge in [0, 0.05) is 44.3 Å². The monoisotopic (exact) mass is 397 g/mol. The maximum Gasteiger partial charge on any atom is 0.299 e. The average molecular weight is 398 g/mol. The van der Waals surface area contributed by atoms with Gasteiger partial charge in [0.2, 0.25) is 0 Å². The highest BCUT2D eigenvalue weighted by Gasteiger charge is 2.34. The van der Waals surface area contributed by atoms with Crippen LogP contribution in [0.15, 0.2) is 48.5 Å². The summed E-state index contributed by atoms with van der Waals surface area (Å²) in [6.07, 6.45) is 0.866. The van der Waals surface area contributed by atoms with Gasteiger partial charge in [0.05, 0.1) is 11.3 Å². The third-order valence-electron chi connectivity index (χ3n) is 5.52. The Balaban J connectivity index is 1.22. The molecule has 4 rings (SSSR count). The Morgan fingerprint density at radius 2 is 1.50 bits per heavy atom. The standard InChI is InChI=1S/C22H24ClN3O2/c23-18-8-6-17(7-9-18)16-25-14-12-24(13-15-25)10-3-11-26-20-5-2-1-4-19(20)21(27)22(26)28/h1-2,4-9H,3,10-16H2. The molecular weight excluding hydrogens is 374 g/mol. The summed E-state index contributed by atoms with van der Waals surface area (Å²) in [6.45, 7) is 6.60. The van der Waals surface area contributed by atoms with E-state index in [-0.39, 0.29) is 5.78 Å². The molecule has 0 saturated carbocycles. The molecule has 2 aliphatic heterocycles. The minimum atomic E-state index is -0.394. The number of para-hydroxylation sites is 1. The van der Waals surface area contributed by atoms with Gasteiger partial charge in [0.15, 0.2) is 0 Å². The van der Waals surface area contributed by atoms with Gasteiger partial charge >= 0.3 is 0 Å². The maximum atomic E-state index is 12.2. The zero-order valence-corrected chi connectivity index (χ0v) is 16.6. The van der Waals surface area contributed by atoms with Crippen LogP contribution in [0.2, 0.25) is 5.02 Å². The summed E-state index contributed by atoms with van der Waals surface area (Å²) in [4.78, 5) is 30.8. The van der Waals surface area contributed by atoms with Crippen LogP contribution in [0.3, 0.4) is 0 Å². The van der Waals surface area contributed by atoms with Crippen LogP contribution in [-0.4, -0.2) is 60.8 Å². The van der Waals surface area contributed by atoms with Crippen molar-refractivity contribution in [3.63, 3.8) is 0 Å². The number of hydrogen-bond donors (Lipinski definition) is 0. The predicted molar refractivity (Wildman–Crippen MR) is 111 cm³/mol. The molecule has 28 heavy (non-hydrogen) atoms. The van der Waals surface area contributed by atoms with E-state index in [4.69, 9.17) is 11.6 Å². The van der Waals surface area contributed by atoms with Gasteiger partial charge in [-0.05, 0) is 42.8 Å². The lowest BCUT2D eigenvalue weighted by Crippen LogP contribution is -2.46. The van der Waals surface area contributed by atoms with Crippen molar-refractivity contribution in [3.8, 4) is 0 Å². The fourth-order valence-corrected chi connectivity index (χ4v) is 4.07. The number of amides is 1. The second kappa shape index (κ2) is 8.43. The van der Waals surface area contributed by atoms with E-state index in [1.165, 1.54) is 5.56 Å². The predicted octanol–water partition coefficient (Wildman–Crippen LogP) is 3.08. The van der Waals surface area contributed by atoms with E-state index < -0.39 is 5.91 Å². The number of carbonyl (C=O) groups excluding carboxylic acids is 2. The lowest BCUT2D eigenvalue weighted by molar-refractivity contribution is -0.114. The number of fused-ring (bicyclic) bond motifs is 1. The van der Waals surface area contributed by atoms with Crippen LogP contribution in [-0.2, 0) is 11.3 Å². The number of piperazine rings is 1. The highest BCUT2D eigenvalue weighted by atomic mass is 35.5. The molecule has 0 aromatic heterocycles. The van der Waals surface area contributed by atoms with Crippen LogP contribution < -0.4 is 4.90 Å². The quantitative estimate of drug-likeness (QED) is 0.703. The minimum Gasteiger partial charge on any atom is -0.305 e. The van der Waals surface area contributed by atoms with Crippen molar-refractivity contribution in [1.82, 2.24) is 9.80 Å². The van der Waals surface area contributed by atoms with E-state index in [2.05, 4.69) is 21.9 Å². The number of anilines is 1. The number of rotatable bonds is 6. The number of nitrogens with zero attached hydrogens (tertiary/aromatic N) is 3. The summed E-state index contributed by atoms with van der Waals surface area (Å²) < 4.78 is 0. The molecule has 0 N–H and O–H groups in total. The van der Waals surface area contributed by atoms with Crippen LogP contribution in [0.5, 0.6) is 0 Å². The van der Waals surface area contributed by atoms with E-state index in [9.17, 15) is 9.59 Å². The first-order chi connectivity index (χ1) is 13.6. The van der Waals surface area contributed by atoms with Gasteiger partial charge in [-0.3, -0.25) is 14.5 Å². The highest BCUT2D eigenvalue weighted by Crippen LogP contribution is 2.28. The third kappa shape index (κ3) is 4.12. The fourth-order valence-electron chi connectivity index (χ4n) is 3.94. The van der Waals surface area contributed by atoms with Crippen LogP contribution in [0.4, 0.5) is 5.69 Å². The Morgan fingerprint density at radius 3 is 2.25 bits per heavy atom.